The van der Waals surface area contributed by atoms with E-state index in [9.17, 15) is 4.79 Å². The van der Waals surface area contributed by atoms with Gasteiger partial charge in [-0.25, -0.2) is 0 Å². The molecule has 0 aliphatic heterocycles. The van der Waals surface area contributed by atoms with Gasteiger partial charge in [-0.1, -0.05) is 12.1 Å². The fourth-order valence-electron chi connectivity index (χ4n) is 2.66. The maximum absolute atomic E-state index is 12.6. The molecule has 20 heavy (non-hydrogen) atoms. The number of hydrogen-bond donors (Lipinski definition) is 2. The second-order valence-electron chi connectivity index (χ2n) is 5.72. The van der Waals surface area contributed by atoms with Crippen molar-refractivity contribution < 1.29 is 9.90 Å². The highest BCUT2D eigenvalue weighted by atomic mass is 16.2. The second kappa shape index (κ2) is 6.27. The van der Waals surface area contributed by atoms with E-state index in [0.717, 1.165) is 49.9 Å². The average molecular weight is 276 g/mol. The van der Waals surface area contributed by atoms with Crippen molar-refractivity contribution in [1.29, 1.82) is 0 Å². The first-order chi connectivity index (χ1) is 9.60. The molecule has 1 aliphatic rings. The van der Waals surface area contributed by atoms with Crippen molar-refractivity contribution >= 4 is 11.6 Å². The number of benzene rings is 1. The van der Waals surface area contributed by atoms with Crippen LogP contribution >= 0.6 is 0 Å². The molecule has 110 valence electrons. The minimum absolute atomic E-state index is 0.214. The Kier molecular flexibility index (Phi) is 4.65. The molecule has 0 spiro atoms. The van der Waals surface area contributed by atoms with E-state index in [0.29, 0.717) is 0 Å². The molecule has 0 atom stereocenters. The number of nitrogens with two attached hydrogens (primary N) is 1. The van der Waals surface area contributed by atoms with Crippen LogP contribution in [0.4, 0.5) is 5.69 Å². The minimum Gasteiger partial charge on any atom is -0.399 e. The molecular weight excluding hydrogens is 252 g/mol. The molecule has 1 aromatic carbocycles. The third kappa shape index (κ3) is 3.12. The van der Waals surface area contributed by atoms with Crippen LogP contribution in [-0.4, -0.2) is 36.1 Å². The van der Waals surface area contributed by atoms with Crippen LogP contribution in [0.25, 0.3) is 0 Å². The van der Waals surface area contributed by atoms with Gasteiger partial charge in [-0.15, -0.1) is 0 Å². The Morgan fingerprint density at radius 3 is 2.45 bits per heavy atom. The Balaban J connectivity index is 1.95. The van der Waals surface area contributed by atoms with Gasteiger partial charge in [-0.05, 0) is 49.8 Å². The molecule has 0 bridgehead atoms. The zero-order valence-electron chi connectivity index (χ0n) is 12.1. The molecule has 4 heteroatoms. The maximum atomic E-state index is 12.6. The molecule has 3 N–H and O–H groups in total. The van der Waals surface area contributed by atoms with Crippen LogP contribution in [0.5, 0.6) is 0 Å². The summed E-state index contributed by atoms with van der Waals surface area (Å²) in [6.07, 6.45) is 4.57. The highest BCUT2D eigenvalue weighted by Crippen LogP contribution is 2.49. The first-order valence-electron chi connectivity index (χ1n) is 7.32. The average Bonchev–Trinajstić information content (AvgIpc) is 3.25. The maximum Gasteiger partial charge on any atom is 0.232 e. The normalized spacial score (nSPS) is 15.9. The minimum atomic E-state index is -0.306. The summed E-state index contributed by atoms with van der Waals surface area (Å²) >= 11 is 0. The van der Waals surface area contributed by atoms with Gasteiger partial charge in [-0.2, -0.15) is 0 Å². The summed E-state index contributed by atoms with van der Waals surface area (Å²) in [6.45, 7) is 0.989. The van der Waals surface area contributed by atoms with Crippen molar-refractivity contribution in [3.63, 3.8) is 0 Å². The number of nitrogen functional groups attached to an aromatic ring is 1. The van der Waals surface area contributed by atoms with Crippen LogP contribution < -0.4 is 5.73 Å². The number of aliphatic hydroxyl groups excluding tert-OH is 1. The van der Waals surface area contributed by atoms with Gasteiger partial charge in [0.2, 0.25) is 5.91 Å². The lowest BCUT2D eigenvalue weighted by Gasteiger charge is -2.24. The number of carbonyl (C=O) groups is 1. The summed E-state index contributed by atoms with van der Waals surface area (Å²) in [4.78, 5) is 14.5. The molecule has 1 aromatic rings. The van der Waals surface area contributed by atoms with Crippen molar-refractivity contribution in [2.45, 2.75) is 37.5 Å². The molecule has 0 radical (unpaired) electrons. The number of nitrogens with zero attached hydrogens (tertiary/aromatic N) is 1. The van der Waals surface area contributed by atoms with Gasteiger partial charge in [0, 0.05) is 25.9 Å². The van der Waals surface area contributed by atoms with Crippen LogP contribution in [0.3, 0.4) is 0 Å². The van der Waals surface area contributed by atoms with E-state index < -0.39 is 0 Å². The first kappa shape index (κ1) is 14.9. The number of anilines is 1. The summed E-state index contributed by atoms with van der Waals surface area (Å²) in [5.41, 5.74) is 7.21. The summed E-state index contributed by atoms with van der Waals surface area (Å²) in [5.74, 6) is 0.214. The predicted molar refractivity (Wildman–Crippen MR) is 80.3 cm³/mol. The summed E-state index contributed by atoms with van der Waals surface area (Å²) in [6, 6.07) is 7.67. The van der Waals surface area contributed by atoms with Gasteiger partial charge in [-0.3, -0.25) is 4.79 Å². The summed E-state index contributed by atoms with van der Waals surface area (Å²) in [7, 11) is 1.87. The molecule has 0 heterocycles. The highest BCUT2D eigenvalue weighted by Gasteiger charge is 2.52. The van der Waals surface area contributed by atoms with E-state index in [4.69, 9.17) is 10.8 Å². The van der Waals surface area contributed by atoms with Gasteiger partial charge in [0.25, 0.3) is 0 Å². The van der Waals surface area contributed by atoms with Gasteiger partial charge in [0.05, 0.1) is 5.41 Å². The number of hydrogen-bond acceptors (Lipinski definition) is 3. The third-order valence-electron chi connectivity index (χ3n) is 4.12. The topological polar surface area (TPSA) is 66.6 Å². The Morgan fingerprint density at radius 2 is 1.90 bits per heavy atom. The van der Waals surface area contributed by atoms with Crippen molar-refractivity contribution in [2.24, 2.45) is 0 Å². The van der Waals surface area contributed by atoms with Crippen LogP contribution in [0.2, 0.25) is 0 Å². The van der Waals surface area contributed by atoms with E-state index >= 15 is 0 Å². The molecule has 0 unspecified atom stereocenters. The van der Waals surface area contributed by atoms with E-state index in [1.54, 1.807) is 0 Å². The predicted octanol–water partition coefficient (Wildman–Crippen LogP) is 1.92. The standard InChI is InChI=1S/C16H24N2O2/c1-18(11-3-2-4-12-19)15(20)16(9-10-16)13-5-7-14(17)8-6-13/h5-8,19H,2-4,9-12,17H2,1H3. The van der Waals surface area contributed by atoms with Gasteiger partial charge in [0.15, 0.2) is 0 Å². The SMILES string of the molecule is CN(CCCCCO)C(=O)C1(c2ccc(N)cc2)CC1. The van der Waals surface area contributed by atoms with Gasteiger partial charge < -0.3 is 15.7 Å². The van der Waals surface area contributed by atoms with Crippen molar-refractivity contribution in [3.8, 4) is 0 Å². The molecule has 1 saturated carbocycles. The lowest BCUT2D eigenvalue weighted by molar-refractivity contribution is -0.132. The third-order valence-corrected chi connectivity index (χ3v) is 4.12. The number of rotatable bonds is 7. The van der Waals surface area contributed by atoms with Crippen molar-refractivity contribution in [2.75, 3.05) is 25.9 Å². The van der Waals surface area contributed by atoms with E-state index in [1.165, 1.54) is 0 Å². The molecule has 1 fully saturated rings. The number of unbranched alkanes of at least 4 members (excludes halogenated alkanes) is 2. The number of carbonyl (C=O) groups excluding carboxylic acids is 1. The molecule has 1 aliphatic carbocycles. The zero-order chi connectivity index (χ0) is 14.6. The lowest BCUT2D eigenvalue weighted by Crippen LogP contribution is -2.37. The molecular formula is C16H24N2O2. The number of likely N-dealkylation sites (N-methyl/N-ethyl adjacent to an activating group) is 1. The fourth-order valence-corrected chi connectivity index (χ4v) is 2.66. The fraction of sp³-hybridized carbons (Fsp3) is 0.562. The van der Waals surface area contributed by atoms with Crippen LogP contribution in [-0.2, 0) is 10.2 Å². The van der Waals surface area contributed by atoms with E-state index in [1.807, 2.05) is 36.2 Å². The van der Waals surface area contributed by atoms with Gasteiger partial charge in [0.1, 0.15) is 0 Å². The second-order valence-corrected chi connectivity index (χ2v) is 5.72. The smallest absolute Gasteiger partial charge is 0.232 e. The molecule has 0 aromatic heterocycles. The molecule has 2 rings (SSSR count). The Bertz CT molecular complexity index is 452. The number of amides is 1. The quantitative estimate of drug-likeness (QED) is 0.590. The summed E-state index contributed by atoms with van der Waals surface area (Å²) < 4.78 is 0. The van der Waals surface area contributed by atoms with Crippen molar-refractivity contribution in [1.82, 2.24) is 4.90 Å². The Morgan fingerprint density at radius 1 is 1.25 bits per heavy atom. The van der Waals surface area contributed by atoms with Crippen molar-refractivity contribution in [3.05, 3.63) is 29.8 Å². The van der Waals surface area contributed by atoms with E-state index in [2.05, 4.69) is 0 Å². The zero-order valence-corrected chi connectivity index (χ0v) is 12.1. The number of aliphatic hydroxyl groups is 1. The van der Waals surface area contributed by atoms with E-state index in [-0.39, 0.29) is 17.9 Å². The Hall–Kier alpha value is -1.55. The first-order valence-corrected chi connectivity index (χ1v) is 7.32. The summed E-state index contributed by atoms with van der Waals surface area (Å²) in [5, 5.41) is 8.76. The van der Waals surface area contributed by atoms with Crippen LogP contribution in [0.15, 0.2) is 24.3 Å². The van der Waals surface area contributed by atoms with Gasteiger partial charge >= 0.3 is 0 Å². The van der Waals surface area contributed by atoms with Crippen LogP contribution in [0.1, 0.15) is 37.7 Å². The lowest BCUT2D eigenvalue weighted by atomic mass is 9.94. The highest BCUT2D eigenvalue weighted by molar-refractivity contribution is 5.91. The molecule has 4 nitrogen and oxygen atoms in total. The largest absolute Gasteiger partial charge is 0.399 e. The molecule has 0 saturated heterocycles. The van der Waals surface area contributed by atoms with Crippen LogP contribution in [0, 0.1) is 0 Å². The Labute approximate surface area is 120 Å². The molecule has 1 amide bonds. The monoisotopic (exact) mass is 276 g/mol.